The Morgan fingerprint density at radius 1 is 1.19 bits per heavy atom. The maximum absolute atomic E-state index is 10.5. The Labute approximate surface area is 125 Å². The fraction of sp³-hybridized carbons (Fsp3) is 0.167. The van der Waals surface area contributed by atoms with Crippen molar-refractivity contribution in [2.24, 2.45) is 0 Å². The van der Waals surface area contributed by atoms with E-state index < -0.39 is 5.97 Å². The van der Waals surface area contributed by atoms with Gasteiger partial charge in [-0.3, -0.25) is 0 Å². The summed E-state index contributed by atoms with van der Waals surface area (Å²) < 4.78 is 0. The summed E-state index contributed by atoms with van der Waals surface area (Å²) in [5.74, 6) is -0.935. The summed E-state index contributed by atoms with van der Waals surface area (Å²) in [4.78, 5) is 12.6. The lowest BCUT2D eigenvalue weighted by Crippen LogP contribution is -2.16. The Hall–Kier alpha value is -2.55. The van der Waals surface area contributed by atoms with E-state index in [-0.39, 0.29) is 0 Å². The number of carbonyl (C=O) groups is 1. The minimum Gasteiger partial charge on any atom is -0.478 e. The molecule has 0 spiro atoms. The van der Waals surface area contributed by atoms with E-state index >= 15 is 0 Å². The molecule has 0 fully saturated rings. The number of benzene rings is 2. The average molecular weight is 281 g/mol. The highest BCUT2D eigenvalue weighted by atomic mass is 16.4. The van der Waals surface area contributed by atoms with Gasteiger partial charge in [0.1, 0.15) is 0 Å². The molecule has 108 valence electrons. The standard InChI is InChI=1S/C18H19NO2/c1-14-4-3-5-16(12-14)13-19(2)17-9-6-15(7-10-17)8-11-18(20)21/h3-12H,13H2,1-2H3,(H,20,21). The van der Waals surface area contributed by atoms with Crippen LogP contribution in [-0.4, -0.2) is 18.1 Å². The summed E-state index contributed by atoms with van der Waals surface area (Å²) in [5.41, 5.74) is 4.51. The molecule has 0 unspecified atom stereocenters. The molecule has 21 heavy (non-hydrogen) atoms. The van der Waals surface area contributed by atoms with E-state index in [9.17, 15) is 4.79 Å². The molecule has 2 rings (SSSR count). The summed E-state index contributed by atoms with van der Waals surface area (Å²) in [6, 6.07) is 16.3. The lowest BCUT2D eigenvalue weighted by Gasteiger charge is -2.19. The van der Waals surface area contributed by atoms with Crippen molar-refractivity contribution in [3.63, 3.8) is 0 Å². The van der Waals surface area contributed by atoms with E-state index in [4.69, 9.17) is 5.11 Å². The molecule has 0 amide bonds. The number of hydrogen-bond acceptors (Lipinski definition) is 2. The molecule has 0 atom stereocenters. The lowest BCUT2D eigenvalue weighted by atomic mass is 10.1. The average Bonchev–Trinajstić information content (AvgIpc) is 2.45. The monoisotopic (exact) mass is 281 g/mol. The number of aliphatic carboxylic acids is 1. The maximum atomic E-state index is 10.5. The summed E-state index contributed by atoms with van der Waals surface area (Å²) >= 11 is 0. The third-order valence-corrected chi connectivity index (χ3v) is 3.25. The van der Waals surface area contributed by atoms with Gasteiger partial charge in [0.25, 0.3) is 0 Å². The molecule has 0 aliphatic heterocycles. The number of anilines is 1. The number of hydrogen-bond donors (Lipinski definition) is 1. The van der Waals surface area contributed by atoms with Crippen molar-refractivity contribution in [2.75, 3.05) is 11.9 Å². The van der Waals surface area contributed by atoms with Crippen LogP contribution in [0.2, 0.25) is 0 Å². The molecule has 2 aromatic carbocycles. The van der Waals surface area contributed by atoms with Crippen LogP contribution in [0, 0.1) is 6.92 Å². The molecule has 0 aliphatic carbocycles. The van der Waals surface area contributed by atoms with E-state index in [0.717, 1.165) is 23.9 Å². The zero-order valence-electron chi connectivity index (χ0n) is 12.3. The molecule has 0 aliphatic rings. The first-order valence-electron chi connectivity index (χ1n) is 6.82. The summed E-state index contributed by atoms with van der Waals surface area (Å²) in [6.45, 7) is 2.93. The molecule has 0 saturated heterocycles. The van der Waals surface area contributed by atoms with Gasteiger partial charge in [-0.1, -0.05) is 42.0 Å². The Morgan fingerprint density at radius 3 is 2.52 bits per heavy atom. The first-order chi connectivity index (χ1) is 10.0. The van der Waals surface area contributed by atoms with Gasteiger partial charge in [-0.05, 0) is 36.3 Å². The molecule has 0 saturated carbocycles. The van der Waals surface area contributed by atoms with Gasteiger partial charge in [-0.25, -0.2) is 4.79 Å². The summed E-state index contributed by atoms with van der Waals surface area (Å²) in [6.07, 6.45) is 2.73. The molecule has 1 N–H and O–H groups in total. The van der Waals surface area contributed by atoms with Gasteiger partial charge >= 0.3 is 5.97 Å². The largest absolute Gasteiger partial charge is 0.478 e. The predicted octanol–water partition coefficient (Wildman–Crippen LogP) is 3.73. The molecule has 3 nitrogen and oxygen atoms in total. The highest BCUT2D eigenvalue weighted by Gasteiger charge is 2.02. The molecule has 0 radical (unpaired) electrons. The number of carboxylic acids is 1. The van der Waals surface area contributed by atoms with Crippen LogP contribution in [0.15, 0.2) is 54.6 Å². The minimum atomic E-state index is -0.935. The summed E-state index contributed by atoms with van der Waals surface area (Å²) in [7, 11) is 2.05. The zero-order chi connectivity index (χ0) is 15.2. The van der Waals surface area contributed by atoms with Crippen molar-refractivity contribution in [3.05, 3.63) is 71.3 Å². The number of rotatable bonds is 5. The van der Waals surface area contributed by atoms with E-state index in [1.165, 1.54) is 11.1 Å². The van der Waals surface area contributed by atoms with Gasteiger partial charge < -0.3 is 10.0 Å². The lowest BCUT2D eigenvalue weighted by molar-refractivity contribution is -0.131. The van der Waals surface area contributed by atoms with Crippen LogP contribution in [0.3, 0.4) is 0 Å². The molecular weight excluding hydrogens is 262 g/mol. The van der Waals surface area contributed by atoms with E-state index in [0.29, 0.717) is 0 Å². The second kappa shape index (κ2) is 6.75. The third kappa shape index (κ3) is 4.49. The van der Waals surface area contributed by atoms with Crippen molar-refractivity contribution in [1.29, 1.82) is 0 Å². The molecule has 3 heteroatoms. The van der Waals surface area contributed by atoms with Crippen LogP contribution < -0.4 is 4.90 Å². The first-order valence-corrected chi connectivity index (χ1v) is 6.82. The Bertz CT molecular complexity index is 645. The molecule has 2 aromatic rings. The maximum Gasteiger partial charge on any atom is 0.328 e. The van der Waals surface area contributed by atoms with E-state index in [1.807, 2.05) is 31.3 Å². The van der Waals surface area contributed by atoms with E-state index in [1.54, 1.807) is 6.08 Å². The van der Waals surface area contributed by atoms with Crippen LogP contribution in [0.5, 0.6) is 0 Å². The normalized spacial score (nSPS) is 10.8. The van der Waals surface area contributed by atoms with Gasteiger partial charge in [0.05, 0.1) is 0 Å². The van der Waals surface area contributed by atoms with Crippen LogP contribution in [-0.2, 0) is 11.3 Å². The fourth-order valence-electron chi connectivity index (χ4n) is 2.18. The van der Waals surface area contributed by atoms with Crippen molar-refractivity contribution in [2.45, 2.75) is 13.5 Å². The number of aryl methyl sites for hydroxylation is 1. The second-order valence-electron chi connectivity index (χ2n) is 5.11. The molecule has 0 bridgehead atoms. The van der Waals surface area contributed by atoms with Crippen LogP contribution in [0.4, 0.5) is 5.69 Å². The van der Waals surface area contributed by atoms with Gasteiger partial charge in [0.15, 0.2) is 0 Å². The highest BCUT2D eigenvalue weighted by Crippen LogP contribution is 2.17. The van der Waals surface area contributed by atoms with E-state index in [2.05, 4.69) is 36.1 Å². The Kier molecular flexibility index (Phi) is 4.77. The fourth-order valence-corrected chi connectivity index (χ4v) is 2.18. The van der Waals surface area contributed by atoms with Crippen LogP contribution in [0.25, 0.3) is 6.08 Å². The summed E-state index contributed by atoms with van der Waals surface area (Å²) in [5, 5.41) is 8.61. The Balaban J connectivity index is 2.06. The van der Waals surface area contributed by atoms with Gasteiger partial charge in [0.2, 0.25) is 0 Å². The SMILES string of the molecule is Cc1cccc(CN(C)c2ccc(C=CC(=O)O)cc2)c1. The second-order valence-corrected chi connectivity index (χ2v) is 5.11. The number of nitrogens with zero attached hydrogens (tertiary/aromatic N) is 1. The first kappa shape index (κ1) is 14.9. The zero-order valence-corrected chi connectivity index (χ0v) is 12.3. The molecule has 0 heterocycles. The smallest absolute Gasteiger partial charge is 0.328 e. The van der Waals surface area contributed by atoms with Gasteiger partial charge in [-0.15, -0.1) is 0 Å². The van der Waals surface area contributed by atoms with Crippen molar-refractivity contribution in [1.82, 2.24) is 0 Å². The quantitative estimate of drug-likeness (QED) is 0.849. The van der Waals surface area contributed by atoms with Crippen LogP contribution in [0.1, 0.15) is 16.7 Å². The van der Waals surface area contributed by atoms with Gasteiger partial charge in [-0.2, -0.15) is 0 Å². The molecule has 0 aromatic heterocycles. The minimum absolute atomic E-state index is 0.839. The van der Waals surface area contributed by atoms with Gasteiger partial charge in [0, 0.05) is 25.4 Å². The van der Waals surface area contributed by atoms with Crippen molar-refractivity contribution >= 4 is 17.7 Å². The molecular formula is C18H19NO2. The van der Waals surface area contributed by atoms with Crippen molar-refractivity contribution < 1.29 is 9.90 Å². The number of carboxylic acid groups (broad SMARTS) is 1. The van der Waals surface area contributed by atoms with Crippen molar-refractivity contribution in [3.8, 4) is 0 Å². The Morgan fingerprint density at radius 2 is 1.90 bits per heavy atom. The van der Waals surface area contributed by atoms with Crippen LogP contribution >= 0.6 is 0 Å². The topological polar surface area (TPSA) is 40.5 Å². The highest BCUT2D eigenvalue weighted by molar-refractivity contribution is 5.85. The third-order valence-electron chi connectivity index (χ3n) is 3.25. The predicted molar refractivity (Wildman–Crippen MR) is 86.4 cm³/mol.